The third kappa shape index (κ3) is 5.37. The molecule has 1 aromatic rings. The van der Waals surface area contributed by atoms with Gasteiger partial charge in [0, 0.05) is 35.3 Å². The van der Waals surface area contributed by atoms with E-state index in [0.29, 0.717) is 31.7 Å². The molecule has 2 rings (SSSR count). The van der Waals surface area contributed by atoms with Gasteiger partial charge >= 0.3 is 6.09 Å². The Morgan fingerprint density at radius 2 is 1.57 bits per heavy atom. The van der Waals surface area contributed by atoms with E-state index in [-0.39, 0.29) is 12.0 Å². The van der Waals surface area contributed by atoms with Crippen molar-refractivity contribution in [2.24, 2.45) is 0 Å². The number of carbonyl (C=O) groups is 2. The molecule has 0 radical (unpaired) electrons. The predicted molar refractivity (Wildman–Crippen MR) is 97.5 cm³/mol. The standard InChI is InChI=1S/C17H23IN2O3/c1-17(2,3)23-16(22)20-10-4-9-19(11-12-20)15(21)13-5-7-14(18)8-6-13/h5-8H,4,9-12H2,1-3H3. The van der Waals surface area contributed by atoms with Crippen molar-refractivity contribution in [2.75, 3.05) is 26.2 Å². The molecule has 2 amide bonds. The molecule has 6 heteroatoms. The van der Waals surface area contributed by atoms with Crippen molar-refractivity contribution in [3.05, 3.63) is 33.4 Å². The Hall–Kier alpha value is -1.31. The molecule has 5 nitrogen and oxygen atoms in total. The number of amides is 2. The molecule has 1 aliphatic heterocycles. The fourth-order valence-corrected chi connectivity index (χ4v) is 2.76. The molecule has 0 atom stereocenters. The Morgan fingerprint density at radius 3 is 2.17 bits per heavy atom. The van der Waals surface area contributed by atoms with E-state index < -0.39 is 5.60 Å². The molecule has 0 saturated carbocycles. The molecule has 23 heavy (non-hydrogen) atoms. The summed E-state index contributed by atoms with van der Waals surface area (Å²) in [6, 6.07) is 7.55. The first-order valence-electron chi connectivity index (χ1n) is 7.79. The largest absolute Gasteiger partial charge is 0.444 e. The number of carbonyl (C=O) groups excluding carboxylic acids is 2. The van der Waals surface area contributed by atoms with E-state index in [4.69, 9.17) is 4.74 Å². The van der Waals surface area contributed by atoms with Gasteiger partial charge in [0.1, 0.15) is 5.60 Å². The van der Waals surface area contributed by atoms with E-state index in [2.05, 4.69) is 22.6 Å². The van der Waals surface area contributed by atoms with Crippen molar-refractivity contribution in [3.63, 3.8) is 0 Å². The minimum Gasteiger partial charge on any atom is -0.444 e. The van der Waals surface area contributed by atoms with Gasteiger partial charge in [-0.3, -0.25) is 4.79 Å². The Kier molecular flexibility index (Phi) is 5.89. The lowest BCUT2D eigenvalue weighted by atomic mass is 10.2. The van der Waals surface area contributed by atoms with Crippen LogP contribution in [0.2, 0.25) is 0 Å². The molecule has 1 heterocycles. The first-order chi connectivity index (χ1) is 10.8. The molecule has 0 aromatic heterocycles. The molecule has 0 bridgehead atoms. The number of hydrogen-bond acceptors (Lipinski definition) is 3. The van der Waals surface area contributed by atoms with Crippen LogP contribution in [0.1, 0.15) is 37.6 Å². The number of hydrogen-bond donors (Lipinski definition) is 0. The van der Waals surface area contributed by atoms with Crippen LogP contribution in [0.15, 0.2) is 24.3 Å². The topological polar surface area (TPSA) is 49.9 Å². The van der Waals surface area contributed by atoms with E-state index in [1.807, 2.05) is 49.9 Å². The molecule has 1 aromatic carbocycles. The average molecular weight is 430 g/mol. The van der Waals surface area contributed by atoms with E-state index in [1.54, 1.807) is 4.90 Å². The van der Waals surface area contributed by atoms with Gasteiger partial charge in [-0.15, -0.1) is 0 Å². The summed E-state index contributed by atoms with van der Waals surface area (Å²) < 4.78 is 6.51. The molecule has 0 aliphatic carbocycles. The Balaban J connectivity index is 1.97. The summed E-state index contributed by atoms with van der Waals surface area (Å²) in [6.45, 7) is 7.88. The third-order valence-electron chi connectivity index (χ3n) is 3.53. The second-order valence-electron chi connectivity index (χ2n) is 6.62. The van der Waals surface area contributed by atoms with Crippen LogP contribution < -0.4 is 0 Å². The molecule has 0 spiro atoms. The van der Waals surface area contributed by atoms with Gasteiger partial charge in [0.05, 0.1) is 0 Å². The van der Waals surface area contributed by atoms with Crippen molar-refractivity contribution >= 4 is 34.6 Å². The first kappa shape index (κ1) is 18.0. The maximum absolute atomic E-state index is 12.6. The van der Waals surface area contributed by atoms with Crippen molar-refractivity contribution in [2.45, 2.75) is 32.8 Å². The molecule has 0 unspecified atom stereocenters. The number of nitrogens with zero attached hydrogens (tertiary/aromatic N) is 2. The van der Waals surface area contributed by atoms with Crippen molar-refractivity contribution in [3.8, 4) is 0 Å². The minimum atomic E-state index is -0.500. The maximum Gasteiger partial charge on any atom is 0.410 e. The second-order valence-corrected chi connectivity index (χ2v) is 7.87. The van der Waals surface area contributed by atoms with E-state index in [0.717, 1.165) is 9.99 Å². The molecular formula is C17H23IN2O3. The Bertz CT molecular complexity index is 566. The molecule has 1 saturated heterocycles. The summed E-state index contributed by atoms with van der Waals surface area (Å²) in [5.41, 5.74) is 0.191. The van der Waals surface area contributed by atoms with Crippen molar-refractivity contribution < 1.29 is 14.3 Å². The predicted octanol–water partition coefficient (Wildman–Crippen LogP) is 3.37. The van der Waals surface area contributed by atoms with Gasteiger partial charge in [0.15, 0.2) is 0 Å². The van der Waals surface area contributed by atoms with E-state index >= 15 is 0 Å². The molecule has 1 fully saturated rings. The lowest BCUT2D eigenvalue weighted by molar-refractivity contribution is 0.0255. The lowest BCUT2D eigenvalue weighted by Gasteiger charge is -2.26. The highest BCUT2D eigenvalue weighted by atomic mass is 127. The number of benzene rings is 1. The Morgan fingerprint density at radius 1 is 1.00 bits per heavy atom. The fourth-order valence-electron chi connectivity index (χ4n) is 2.40. The summed E-state index contributed by atoms with van der Waals surface area (Å²) in [5, 5.41) is 0. The highest BCUT2D eigenvalue weighted by Crippen LogP contribution is 2.14. The van der Waals surface area contributed by atoms with Gasteiger partial charge in [-0.25, -0.2) is 4.79 Å². The summed E-state index contributed by atoms with van der Waals surface area (Å²) in [5.74, 6) is 0.0208. The van der Waals surface area contributed by atoms with Crippen LogP contribution >= 0.6 is 22.6 Å². The van der Waals surface area contributed by atoms with E-state index in [1.165, 1.54) is 0 Å². The zero-order chi connectivity index (χ0) is 17.0. The minimum absolute atomic E-state index is 0.0208. The van der Waals surface area contributed by atoms with Crippen LogP contribution in [0.5, 0.6) is 0 Å². The lowest BCUT2D eigenvalue weighted by Crippen LogP contribution is -2.40. The van der Waals surface area contributed by atoms with Gasteiger partial charge in [-0.05, 0) is 74.0 Å². The smallest absolute Gasteiger partial charge is 0.410 e. The van der Waals surface area contributed by atoms with Gasteiger partial charge in [0.25, 0.3) is 5.91 Å². The average Bonchev–Trinajstić information content (AvgIpc) is 2.71. The van der Waals surface area contributed by atoms with Crippen LogP contribution in [-0.4, -0.2) is 53.6 Å². The van der Waals surface area contributed by atoms with Crippen molar-refractivity contribution in [1.29, 1.82) is 0 Å². The number of halogens is 1. The molecule has 1 aliphatic rings. The van der Waals surface area contributed by atoms with Gasteiger partial charge in [-0.2, -0.15) is 0 Å². The zero-order valence-corrected chi connectivity index (χ0v) is 16.0. The molecule has 126 valence electrons. The van der Waals surface area contributed by atoms with Gasteiger partial charge in [-0.1, -0.05) is 0 Å². The van der Waals surface area contributed by atoms with Crippen LogP contribution in [0.3, 0.4) is 0 Å². The van der Waals surface area contributed by atoms with Crippen LogP contribution in [-0.2, 0) is 4.74 Å². The number of rotatable bonds is 1. The van der Waals surface area contributed by atoms with Gasteiger partial charge < -0.3 is 14.5 Å². The highest BCUT2D eigenvalue weighted by molar-refractivity contribution is 14.1. The Labute approximate surface area is 151 Å². The van der Waals surface area contributed by atoms with Crippen LogP contribution in [0, 0.1) is 3.57 Å². The molecule has 0 N–H and O–H groups in total. The summed E-state index contributed by atoms with van der Waals surface area (Å²) in [6.07, 6.45) is 0.455. The number of ether oxygens (including phenoxy) is 1. The first-order valence-corrected chi connectivity index (χ1v) is 8.87. The van der Waals surface area contributed by atoms with Gasteiger partial charge in [0.2, 0.25) is 0 Å². The van der Waals surface area contributed by atoms with Crippen LogP contribution in [0.25, 0.3) is 0 Å². The highest BCUT2D eigenvalue weighted by Gasteiger charge is 2.26. The summed E-state index contributed by atoms with van der Waals surface area (Å²) >= 11 is 2.22. The second kappa shape index (κ2) is 7.51. The van der Waals surface area contributed by atoms with Crippen LogP contribution in [0.4, 0.5) is 4.79 Å². The maximum atomic E-state index is 12.6. The quantitative estimate of drug-likeness (QED) is 0.643. The molecular weight excluding hydrogens is 407 g/mol. The van der Waals surface area contributed by atoms with E-state index in [9.17, 15) is 9.59 Å². The van der Waals surface area contributed by atoms with Crippen molar-refractivity contribution in [1.82, 2.24) is 9.80 Å². The summed E-state index contributed by atoms with van der Waals surface area (Å²) in [7, 11) is 0. The summed E-state index contributed by atoms with van der Waals surface area (Å²) in [4.78, 5) is 28.2. The third-order valence-corrected chi connectivity index (χ3v) is 4.25. The monoisotopic (exact) mass is 430 g/mol. The SMILES string of the molecule is CC(C)(C)OC(=O)N1CCCN(C(=O)c2ccc(I)cc2)CC1. The fraction of sp³-hybridized carbons (Fsp3) is 0.529. The normalized spacial score (nSPS) is 16.0. The zero-order valence-electron chi connectivity index (χ0n) is 13.8.